The Hall–Kier alpha value is -1.39. The van der Waals surface area contributed by atoms with E-state index in [4.69, 9.17) is 4.74 Å². The monoisotopic (exact) mass is 351 g/mol. The standard InChI is InChI=1S/C17H19BrFNO/c1-12(2)20-10-13-6-7-17(16(18)9-13)21-11-14-4-3-5-15(19)8-14/h3-9,12,20H,10-11H2,1-2H3. The minimum Gasteiger partial charge on any atom is -0.488 e. The van der Waals surface area contributed by atoms with Gasteiger partial charge < -0.3 is 10.1 Å². The zero-order valence-corrected chi connectivity index (χ0v) is 13.8. The third kappa shape index (κ3) is 5.14. The molecule has 0 saturated heterocycles. The van der Waals surface area contributed by atoms with Gasteiger partial charge in [-0.2, -0.15) is 0 Å². The van der Waals surface area contributed by atoms with E-state index in [-0.39, 0.29) is 5.82 Å². The fourth-order valence-corrected chi connectivity index (χ4v) is 2.42. The largest absolute Gasteiger partial charge is 0.488 e. The lowest BCUT2D eigenvalue weighted by Gasteiger charge is -2.12. The van der Waals surface area contributed by atoms with Gasteiger partial charge in [-0.25, -0.2) is 4.39 Å². The summed E-state index contributed by atoms with van der Waals surface area (Å²) in [5.74, 6) is 0.512. The maximum absolute atomic E-state index is 13.1. The molecule has 2 aromatic carbocycles. The van der Waals surface area contributed by atoms with Gasteiger partial charge in [-0.15, -0.1) is 0 Å². The molecule has 0 aliphatic rings. The van der Waals surface area contributed by atoms with Crippen LogP contribution in [0.3, 0.4) is 0 Å². The molecule has 1 N–H and O–H groups in total. The second-order valence-electron chi connectivity index (χ2n) is 5.22. The molecule has 0 atom stereocenters. The molecule has 0 spiro atoms. The van der Waals surface area contributed by atoms with Gasteiger partial charge >= 0.3 is 0 Å². The van der Waals surface area contributed by atoms with Crippen LogP contribution >= 0.6 is 15.9 Å². The molecular weight excluding hydrogens is 333 g/mol. The van der Waals surface area contributed by atoms with Gasteiger partial charge in [0.2, 0.25) is 0 Å². The molecule has 21 heavy (non-hydrogen) atoms. The van der Waals surface area contributed by atoms with E-state index in [2.05, 4.69) is 35.1 Å². The summed E-state index contributed by atoms with van der Waals surface area (Å²) < 4.78 is 19.7. The molecule has 0 unspecified atom stereocenters. The Morgan fingerprint density at radius 3 is 2.62 bits per heavy atom. The van der Waals surface area contributed by atoms with Crippen molar-refractivity contribution < 1.29 is 9.13 Å². The summed E-state index contributed by atoms with van der Waals surface area (Å²) in [7, 11) is 0. The van der Waals surface area contributed by atoms with Gasteiger partial charge in [0.15, 0.2) is 0 Å². The first kappa shape index (κ1) is 16.0. The second-order valence-corrected chi connectivity index (χ2v) is 6.07. The molecule has 0 aliphatic carbocycles. The van der Waals surface area contributed by atoms with Crippen molar-refractivity contribution >= 4 is 15.9 Å². The van der Waals surface area contributed by atoms with Gasteiger partial charge in [0, 0.05) is 12.6 Å². The summed E-state index contributed by atoms with van der Waals surface area (Å²) in [6.45, 7) is 5.40. The number of halogens is 2. The number of ether oxygens (including phenoxy) is 1. The summed E-state index contributed by atoms with van der Waals surface area (Å²) in [5, 5.41) is 3.37. The van der Waals surface area contributed by atoms with Crippen LogP contribution in [0.1, 0.15) is 25.0 Å². The molecule has 0 aromatic heterocycles. The Bertz CT molecular complexity index is 601. The molecular formula is C17H19BrFNO. The van der Waals surface area contributed by atoms with E-state index >= 15 is 0 Å². The van der Waals surface area contributed by atoms with Gasteiger partial charge in [0.05, 0.1) is 4.47 Å². The molecule has 2 aromatic rings. The molecule has 112 valence electrons. The minimum atomic E-state index is -0.245. The fraction of sp³-hybridized carbons (Fsp3) is 0.294. The van der Waals surface area contributed by atoms with Crippen molar-refractivity contribution in [2.24, 2.45) is 0 Å². The SMILES string of the molecule is CC(C)NCc1ccc(OCc2cccc(F)c2)c(Br)c1. The van der Waals surface area contributed by atoms with Crippen molar-refractivity contribution in [1.82, 2.24) is 5.32 Å². The van der Waals surface area contributed by atoms with Crippen LogP contribution in [0.25, 0.3) is 0 Å². The highest BCUT2D eigenvalue weighted by molar-refractivity contribution is 9.10. The Kier molecular flexibility index (Phi) is 5.76. The average molecular weight is 352 g/mol. The predicted molar refractivity (Wildman–Crippen MR) is 86.8 cm³/mol. The number of hydrogen-bond donors (Lipinski definition) is 1. The van der Waals surface area contributed by atoms with E-state index in [0.29, 0.717) is 12.6 Å². The summed E-state index contributed by atoms with van der Waals surface area (Å²) in [4.78, 5) is 0. The third-order valence-corrected chi connectivity index (χ3v) is 3.61. The Morgan fingerprint density at radius 2 is 1.95 bits per heavy atom. The van der Waals surface area contributed by atoms with Gasteiger partial charge in [-0.3, -0.25) is 0 Å². The quantitative estimate of drug-likeness (QED) is 0.816. The van der Waals surface area contributed by atoms with Crippen molar-refractivity contribution in [2.45, 2.75) is 33.0 Å². The van der Waals surface area contributed by atoms with Crippen LogP contribution in [0.15, 0.2) is 46.9 Å². The molecule has 0 bridgehead atoms. The maximum atomic E-state index is 13.1. The summed E-state index contributed by atoms with van der Waals surface area (Å²) >= 11 is 3.52. The van der Waals surface area contributed by atoms with Gasteiger partial charge in [0.25, 0.3) is 0 Å². The van der Waals surface area contributed by atoms with Crippen LogP contribution in [0.2, 0.25) is 0 Å². The second kappa shape index (κ2) is 7.57. The fourth-order valence-electron chi connectivity index (χ4n) is 1.88. The smallest absolute Gasteiger partial charge is 0.134 e. The highest BCUT2D eigenvalue weighted by atomic mass is 79.9. The van der Waals surface area contributed by atoms with E-state index in [9.17, 15) is 4.39 Å². The first-order valence-electron chi connectivity index (χ1n) is 6.93. The van der Waals surface area contributed by atoms with E-state index < -0.39 is 0 Å². The lowest BCUT2D eigenvalue weighted by molar-refractivity contribution is 0.303. The van der Waals surface area contributed by atoms with Crippen molar-refractivity contribution in [2.75, 3.05) is 0 Å². The molecule has 2 rings (SSSR count). The van der Waals surface area contributed by atoms with E-state index in [1.54, 1.807) is 6.07 Å². The molecule has 0 radical (unpaired) electrons. The minimum absolute atomic E-state index is 0.245. The van der Waals surface area contributed by atoms with Gasteiger partial charge in [-0.05, 0) is 51.3 Å². The predicted octanol–water partition coefficient (Wildman–Crippen LogP) is 4.67. The van der Waals surface area contributed by atoms with Crippen LogP contribution in [-0.4, -0.2) is 6.04 Å². The Balaban J connectivity index is 1.97. The van der Waals surface area contributed by atoms with E-state index in [1.165, 1.54) is 17.7 Å². The van der Waals surface area contributed by atoms with Crippen LogP contribution in [0.4, 0.5) is 4.39 Å². The Morgan fingerprint density at radius 1 is 1.14 bits per heavy atom. The summed E-state index contributed by atoms with van der Waals surface area (Å²) in [6.07, 6.45) is 0. The summed E-state index contributed by atoms with van der Waals surface area (Å²) in [5.41, 5.74) is 2.00. The molecule has 0 heterocycles. The average Bonchev–Trinajstić information content (AvgIpc) is 2.44. The lowest BCUT2D eigenvalue weighted by atomic mass is 10.2. The van der Waals surface area contributed by atoms with Crippen LogP contribution in [-0.2, 0) is 13.2 Å². The number of nitrogens with one attached hydrogen (secondary N) is 1. The molecule has 0 aliphatic heterocycles. The first-order chi connectivity index (χ1) is 10.0. The number of benzene rings is 2. The molecule has 0 amide bonds. The van der Waals surface area contributed by atoms with Crippen LogP contribution in [0, 0.1) is 5.82 Å². The molecule has 2 nitrogen and oxygen atoms in total. The Labute approximate surface area is 133 Å². The third-order valence-electron chi connectivity index (χ3n) is 2.99. The van der Waals surface area contributed by atoms with Gasteiger partial charge in [0.1, 0.15) is 18.2 Å². The zero-order valence-electron chi connectivity index (χ0n) is 12.2. The molecule has 0 saturated carbocycles. The maximum Gasteiger partial charge on any atom is 0.134 e. The van der Waals surface area contributed by atoms with Gasteiger partial charge in [-0.1, -0.05) is 32.0 Å². The highest BCUT2D eigenvalue weighted by Gasteiger charge is 2.04. The topological polar surface area (TPSA) is 21.3 Å². The van der Waals surface area contributed by atoms with Crippen molar-refractivity contribution in [3.05, 3.63) is 63.9 Å². The summed E-state index contributed by atoms with van der Waals surface area (Å²) in [6, 6.07) is 12.9. The van der Waals surface area contributed by atoms with E-state index in [0.717, 1.165) is 22.3 Å². The number of rotatable bonds is 6. The van der Waals surface area contributed by atoms with Crippen LogP contribution in [0.5, 0.6) is 5.75 Å². The van der Waals surface area contributed by atoms with E-state index in [1.807, 2.05) is 24.3 Å². The van der Waals surface area contributed by atoms with Crippen molar-refractivity contribution in [3.63, 3.8) is 0 Å². The van der Waals surface area contributed by atoms with Crippen molar-refractivity contribution in [1.29, 1.82) is 0 Å². The molecule has 4 heteroatoms. The lowest BCUT2D eigenvalue weighted by Crippen LogP contribution is -2.21. The van der Waals surface area contributed by atoms with Crippen LogP contribution < -0.4 is 10.1 Å². The normalized spacial score (nSPS) is 10.9. The van der Waals surface area contributed by atoms with Crippen molar-refractivity contribution in [3.8, 4) is 5.75 Å². The zero-order chi connectivity index (χ0) is 15.2. The number of hydrogen-bond acceptors (Lipinski definition) is 2. The first-order valence-corrected chi connectivity index (χ1v) is 7.73. The molecule has 0 fully saturated rings. The highest BCUT2D eigenvalue weighted by Crippen LogP contribution is 2.27.